The summed E-state index contributed by atoms with van der Waals surface area (Å²) in [7, 11) is 0. The highest BCUT2D eigenvalue weighted by molar-refractivity contribution is 7.07. The van der Waals surface area contributed by atoms with E-state index in [0.29, 0.717) is 23.8 Å². The molecule has 3 aromatic heterocycles. The summed E-state index contributed by atoms with van der Waals surface area (Å²) in [5.74, 6) is 0.107. The maximum Gasteiger partial charge on any atom is 0.341 e. The lowest BCUT2D eigenvalue weighted by molar-refractivity contribution is -0.139. The number of nitrogens with zero attached hydrogens (tertiary/aromatic N) is 3. The molecule has 6 rings (SSSR count). The molecule has 210 valence electrons. The molecule has 1 saturated carbocycles. The van der Waals surface area contributed by atoms with Gasteiger partial charge in [0.2, 0.25) is 0 Å². The number of rotatable bonds is 10. The van der Waals surface area contributed by atoms with Crippen LogP contribution < -0.4 is 10.1 Å². The normalized spacial score (nSPS) is 14.6. The smallest absolute Gasteiger partial charge is 0.341 e. The van der Waals surface area contributed by atoms with Crippen LogP contribution in [0.5, 0.6) is 5.75 Å². The number of carboxylic acids is 1. The second-order valence-corrected chi connectivity index (χ2v) is 11.0. The van der Waals surface area contributed by atoms with Crippen LogP contribution in [0.4, 0.5) is 0 Å². The fraction of sp³-hybridized carbons (Fsp3) is 0.290. The number of hydrogen-bond acceptors (Lipinski definition) is 7. The number of carbonyl (C=O) groups is 2. The average molecular weight is 571 g/mol. The minimum atomic E-state index is -1.03. The van der Waals surface area contributed by atoms with E-state index < -0.39 is 12.6 Å². The van der Waals surface area contributed by atoms with E-state index in [-0.39, 0.29) is 11.9 Å². The summed E-state index contributed by atoms with van der Waals surface area (Å²) in [6, 6.07) is 14.9. The minimum Gasteiger partial charge on any atom is -0.482 e. The third-order valence-electron chi connectivity index (χ3n) is 7.51. The molecule has 1 aliphatic carbocycles. The Balaban J connectivity index is 1.25. The van der Waals surface area contributed by atoms with Gasteiger partial charge in [0.1, 0.15) is 17.8 Å². The van der Waals surface area contributed by atoms with Gasteiger partial charge in [0, 0.05) is 17.0 Å². The lowest BCUT2D eigenvalue weighted by Crippen LogP contribution is -2.30. The zero-order valence-electron chi connectivity index (χ0n) is 22.4. The van der Waals surface area contributed by atoms with Gasteiger partial charge in [-0.1, -0.05) is 31.4 Å². The predicted molar refractivity (Wildman–Crippen MR) is 155 cm³/mol. The summed E-state index contributed by atoms with van der Waals surface area (Å²) in [5.41, 5.74) is 6.74. The molecule has 1 aliphatic rings. The zero-order valence-corrected chi connectivity index (χ0v) is 23.2. The van der Waals surface area contributed by atoms with Crippen LogP contribution in [-0.4, -0.2) is 38.1 Å². The minimum absolute atomic E-state index is 0.205. The molecule has 1 amide bonds. The molecule has 1 atom stereocenters. The second-order valence-electron chi connectivity index (χ2n) is 10.3. The Hall–Kier alpha value is -4.44. The number of ether oxygens (including phenoxy) is 1. The van der Waals surface area contributed by atoms with Gasteiger partial charge in [0.05, 0.1) is 40.1 Å². The van der Waals surface area contributed by atoms with Crippen molar-refractivity contribution in [3.05, 3.63) is 88.8 Å². The van der Waals surface area contributed by atoms with Crippen molar-refractivity contribution < 1.29 is 23.8 Å². The maximum absolute atomic E-state index is 13.5. The lowest BCUT2D eigenvalue weighted by Gasteiger charge is -2.25. The molecule has 0 bridgehead atoms. The van der Waals surface area contributed by atoms with Gasteiger partial charge in [0.25, 0.3) is 5.91 Å². The van der Waals surface area contributed by atoms with Crippen LogP contribution in [0, 0.1) is 0 Å². The van der Waals surface area contributed by atoms with Crippen molar-refractivity contribution in [1.29, 1.82) is 0 Å². The number of hydrogen-bond donors (Lipinski definition) is 2. The van der Waals surface area contributed by atoms with Gasteiger partial charge in [-0.2, -0.15) is 0 Å². The summed E-state index contributed by atoms with van der Waals surface area (Å²) in [5, 5.41) is 13.9. The van der Waals surface area contributed by atoms with E-state index in [1.165, 1.54) is 30.6 Å². The molecule has 5 aromatic rings. The van der Waals surface area contributed by atoms with Crippen molar-refractivity contribution in [1.82, 2.24) is 19.9 Å². The predicted octanol–water partition coefficient (Wildman–Crippen LogP) is 6.44. The molecule has 2 aromatic carbocycles. The first kappa shape index (κ1) is 26.8. The van der Waals surface area contributed by atoms with E-state index >= 15 is 0 Å². The van der Waals surface area contributed by atoms with Crippen molar-refractivity contribution >= 4 is 34.2 Å². The van der Waals surface area contributed by atoms with E-state index in [1.807, 2.05) is 41.8 Å². The average Bonchev–Trinajstić information content (AvgIpc) is 3.77. The number of furan rings is 1. The largest absolute Gasteiger partial charge is 0.482 e. The standard InChI is InChI=1S/C31H30N4O5S/c36-29(37)17-40-24-9-6-20(7-10-24)14-25(27-18-41-19-32-27)34-31(38)21-8-11-28-26(15-21)33-30(22-12-13-39-16-22)35(28)23-4-2-1-3-5-23/h6-13,15-16,18-19,23,25H,1-5,14,17H2,(H,34,38)(H,36,37)/t25-/m0/s1. The fourth-order valence-electron chi connectivity index (χ4n) is 5.51. The maximum atomic E-state index is 13.5. The van der Waals surface area contributed by atoms with Crippen molar-refractivity contribution in [3.8, 4) is 17.1 Å². The molecule has 0 unspecified atom stereocenters. The van der Waals surface area contributed by atoms with E-state index in [2.05, 4.69) is 14.9 Å². The lowest BCUT2D eigenvalue weighted by atomic mass is 9.95. The van der Waals surface area contributed by atoms with Crippen molar-refractivity contribution in [2.75, 3.05) is 6.61 Å². The van der Waals surface area contributed by atoms with Gasteiger partial charge in [-0.3, -0.25) is 4.79 Å². The molecule has 3 heterocycles. The SMILES string of the molecule is O=C(O)COc1ccc(C[C@H](NC(=O)c2ccc3c(c2)nc(-c2ccoc2)n3C2CCCCC2)c2cscn2)cc1. The van der Waals surface area contributed by atoms with Crippen molar-refractivity contribution in [2.45, 2.75) is 50.6 Å². The Labute approximate surface area is 240 Å². The molecule has 2 N–H and O–H groups in total. The van der Waals surface area contributed by atoms with Gasteiger partial charge < -0.3 is 24.1 Å². The summed E-state index contributed by atoms with van der Waals surface area (Å²) in [4.78, 5) is 33.7. The Morgan fingerprint density at radius 3 is 2.66 bits per heavy atom. The Bertz CT molecular complexity index is 1620. The number of nitrogens with one attached hydrogen (secondary N) is 1. The van der Waals surface area contributed by atoms with Crippen LogP contribution in [-0.2, 0) is 11.2 Å². The summed E-state index contributed by atoms with van der Waals surface area (Å²) in [6.07, 6.45) is 9.78. The molecular formula is C31H30N4O5S. The van der Waals surface area contributed by atoms with Gasteiger partial charge in [0.15, 0.2) is 6.61 Å². The van der Waals surface area contributed by atoms with E-state index in [0.717, 1.165) is 46.5 Å². The monoisotopic (exact) mass is 570 g/mol. The molecule has 0 radical (unpaired) electrons. The van der Waals surface area contributed by atoms with Crippen molar-refractivity contribution in [2.24, 2.45) is 0 Å². The molecule has 1 fully saturated rings. The van der Waals surface area contributed by atoms with Crippen LogP contribution >= 0.6 is 11.3 Å². The fourth-order valence-corrected chi connectivity index (χ4v) is 6.12. The number of aliphatic carboxylic acids is 1. The van der Waals surface area contributed by atoms with E-state index in [1.54, 1.807) is 30.2 Å². The molecule has 41 heavy (non-hydrogen) atoms. The van der Waals surface area contributed by atoms with E-state index in [4.69, 9.17) is 19.2 Å². The molecule has 0 spiro atoms. The highest BCUT2D eigenvalue weighted by atomic mass is 32.1. The topological polar surface area (TPSA) is 119 Å². The molecule has 0 aliphatic heterocycles. The van der Waals surface area contributed by atoms with E-state index in [9.17, 15) is 9.59 Å². The Morgan fingerprint density at radius 2 is 1.95 bits per heavy atom. The Kier molecular flexibility index (Phi) is 7.82. The second kappa shape index (κ2) is 12.0. The number of fused-ring (bicyclic) bond motifs is 1. The van der Waals surface area contributed by atoms with Crippen molar-refractivity contribution in [3.63, 3.8) is 0 Å². The third kappa shape index (κ3) is 6.02. The zero-order chi connectivity index (χ0) is 28.2. The third-order valence-corrected chi connectivity index (χ3v) is 8.11. The number of carboxylic acid groups (broad SMARTS) is 1. The summed E-state index contributed by atoms with van der Waals surface area (Å²) < 4.78 is 12.9. The molecule has 9 nitrogen and oxygen atoms in total. The first-order valence-electron chi connectivity index (χ1n) is 13.7. The molecular weight excluding hydrogens is 540 g/mol. The number of benzene rings is 2. The molecule has 10 heteroatoms. The number of aromatic nitrogens is 3. The number of carbonyl (C=O) groups excluding carboxylic acids is 1. The van der Waals surface area contributed by atoms with Gasteiger partial charge >= 0.3 is 5.97 Å². The van der Waals surface area contributed by atoms with Gasteiger partial charge in [-0.05, 0) is 61.2 Å². The van der Waals surface area contributed by atoms with Gasteiger partial charge in [-0.15, -0.1) is 11.3 Å². The number of imidazole rings is 1. The van der Waals surface area contributed by atoms with Crippen LogP contribution in [0.15, 0.2) is 76.4 Å². The quantitative estimate of drug-likeness (QED) is 0.198. The first-order chi connectivity index (χ1) is 20.0. The summed E-state index contributed by atoms with van der Waals surface area (Å²) in [6.45, 7) is -0.399. The highest BCUT2D eigenvalue weighted by Crippen LogP contribution is 2.36. The number of thiazole rings is 1. The van der Waals surface area contributed by atoms with Crippen LogP contribution in [0.2, 0.25) is 0 Å². The number of amides is 1. The first-order valence-corrected chi connectivity index (χ1v) is 14.7. The molecule has 0 saturated heterocycles. The van der Waals surface area contributed by atoms with Crippen LogP contribution in [0.1, 0.15) is 65.8 Å². The van der Waals surface area contributed by atoms with Crippen LogP contribution in [0.25, 0.3) is 22.4 Å². The summed E-state index contributed by atoms with van der Waals surface area (Å²) >= 11 is 1.47. The Morgan fingerprint density at radius 1 is 1.12 bits per heavy atom. The van der Waals surface area contributed by atoms with Crippen LogP contribution in [0.3, 0.4) is 0 Å². The highest BCUT2D eigenvalue weighted by Gasteiger charge is 2.24. The van der Waals surface area contributed by atoms with Gasteiger partial charge in [-0.25, -0.2) is 14.8 Å².